The van der Waals surface area contributed by atoms with Crippen LogP contribution in [-0.2, 0) is 4.74 Å². The third-order valence-electron chi connectivity index (χ3n) is 4.26. The van der Waals surface area contributed by atoms with E-state index in [4.69, 9.17) is 4.74 Å². The topological polar surface area (TPSA) is 41.2 Å². The Labute approximate surface area is 126 Å². The Hall–Kier alpha value is -1.65. The van der Waals surface area contributed by atoms with Crippen LogP contribution in [0.25, 0.3) is 11.3 Å². The Balaban J connectivity index is 1.78. The Morgan fingerprint density at radius 2 is 1.81 bits per heavy atom. The van der Waals surface area contributed by atoms with Crippen molar-refractivity contribution in [3.05, 3.63) is 41.3 Å². The molecule has 1 saturated heterocycles. The first-order valence-electron chi connectivity index (χ1n) is 7.60. The molecule has 1 aliphatic heterocycles. The van der Waals surface area contributed by atoms with Crippen LogP contribution in [-0.4, -0.2) is 41.2 Å². The lowest BCUT2D eigenvalue weighted by Crippen LogP contribution is -2.37. The van der Waals surface area contributed by atoms with Gasteiger partial charge in [0.05, 0.1) is 18.9 Å². The van der Waals surface area contributed by atoms with Crippen LogP contribution in [0.3, 0.4) is 0 Å². The number of aromatic amines is 1. The molecule has 1 N–H and O–H groups in total. The van der Waals surface area contributed by atoms with Gasteiger partial charge in [-0.3, -0.25) is 4.90 Å². The second-order valence-electron chi connectivity index (χ2n) is 5.74. The SMILES string of the molecule is Cc1nc(-c2ccc([C@@H](C)N3CCOCC3)cc2)c(C)[nH]1. The van der Waals surface area contributed by atoms with Gasteiger partial charge in [-0.1, -0.05) is 24.3 Å². The van der Waals surface area contributed by atoms with Gasteiger partial charge in [-0.05, 0) is 26.3 Å². The monoisotopic (exact) mass is 285 g/mol. The number of aryl methyl sites for hydroxylation is 2. The zero-order valence-electron chi connectivity index (χ0n) is 13.0. The van der Waals surface area contributed by atoms with E-state index < -0.39 is 0 Å². The van der Waals surface area contributed by atoms with Crippen molar-refractivity contribution in [1.29, 1.82) is 0 Å². The molecule has 0 saturated carbocycles. The number of nitrogens with zero attached hydrogens (tertiary/aromatic N) is 2. The molecule has 4 nitrogen and oxygen atoms in total. The van der Waals surface area contributed by atoms with Crippen molar-refractivity contribution < 1.29 is 4.74 Å². The molecular weight excluding hydrogens is 262 g/mol. The highest BCUT2D eigenvalue weighted by molar-refractivity contribution is 5.62. The average Bonchev–Trinajstić information content (AvgIpc) is 2.86. The molecule has 0 bridgehead atoms. The predicted molar refractivity (Wildman–Crippen MR) is 84.3 cm³/mol. The van der Waals surface area contributed by atoms with Crippen molar-refractivity contribution in [2.45, 2.75) is 26.8 Å². The van der Waals surface area contributed by atoms with E-state index in [1.165, 1.54) is 11.1 Å². The molecule has 2 heterocycles. The first kappa shape index (κ1) is 14.3. The molecule has 1 aliphatic rings. The molecule has 21 heavy (non-hydrogen) atoms. The lowest BCUT2D eigenvalue weighted by Gasteiger charge is -2.32. The summed E-state index contributed by atoms with van der Waals surface area (Å²) in [5.41, 5.74) is 4.71. The molecule has 2 aromatic rings. The molecule has 1 aromatic heterocycles. The maximum Gasteiger partial charge on any atom is 0.103 e. The summed E-state index contributed by atoms with van der Waals surface area (Å²) in [6.45, 7) is 10.0. The number of morpholine rings is 1. The molecule has 0 aliphatic carbocycles. The number of aromatic nitrogens is 2. The van der Waals surface area contributed by atoms with E-state index in [0.717, 1.165) is 43.5 Å². The number of rotatable bonds is 3. The molecule has 1 fully saturated rings. The lowest BCUT2D eigenvalue weighted by molar-refractivity contribution is 0.0198. The number of ether oxygens (including phenoxy) is 1. The Morgan fingerprint density at radius 1 is 1.14 bits per heavy atom. The van der Waals surface area contributed by atoms with E-state index in [-0.39, 0.29) is 0 Å². The molecule has 1 aromatic carbocycles. The van der Waals surface area contributed by atoms with Gasteiger partial charge in [0.2, 0.25) is 0 Å². The largest absolute Gasteiger partial charge is 0.379 e. The summed E-state index contributed by atoms with van der Waals surface area (Å²) in [5.74, 6) is 0.966. The summed E-state index contributed by atoms with van der Waals surface area (Å²) in [7, 11) is 0. The molecule has 0 amide bonds. The van der Waals surface area contributed by atoms with E-state index in [1.807, 2.05) is 6.92 Å². The van der Waals surface area contributed by atoms with Crippen LogP contribution in [0.2, 0.25) is 0 Å². The van der Waals surface area contributed by atoms with E-state index in [9.17, 15) is 0 Å². The summed E-state index contributed by atoms with van der Waals surface area (Å²) in [5, 5.41) is 0. The third-order valence-corrected chi connectivity index (χ3v) is 4.26. The highest BCUT2D eigenvalue weighted by Gasteiger charge is 2.18. The van der Waals surface area contributed by atoms with Crippen molar-refractivity contribution in [3.63, 3.8) is 0 Å². The van der Waals surface area contributed by atoms with E-state index in [1.54, 1.807) is 0 Å². The molecule has 0 unspecified atom stereocenters. The molecule has 0 radical (unpaired) electrons. The zero-order chi connectivity index (χ0) is 14.8. The normalized spacial score (nSPS) is 17.9. The fourth-order valence-corrected chi connectivity index (χ4v) is 2.99. The van der Waals surface area contributed by atoms with Crippen LogP contribution in [0.5, 0.6) is 0 Å². The molecule has 1 atom stereocenters. The molecule has 0 spiro atoms. The van der Waals surface area contributed by atoms with Gasteiger partial charge in [-0.2, -0.15) is 0 Å². The van der Waals surface area contributed by atoms with Gasteiger partial charge in [0.25, 0.3) is 0 Å². The third kappa shape index (κ3) is 3.01. The summed E-state index contributed by atoms with van der Waals surface area (Å²) >= 11 is 0. The maximum atomic E-state index is 5.42. The molecule has 112 valence electrons. The minimum atomic E-state index is 0.435. The van der Waals surface area contributed by atoms with Gasteiger partial charge in [-0.25, -0.2) is 4.98 Å². The lowest BCUT2D eigenvalue weighted by atomic mass is 10.0. The molecule has 3 rings (SSSR count). The number of benzene rings is 1. The van der Waals surface area contributed by atoms with Gasteiger partial charge in [0.15, 0.2) is 0 Å². The van der Waals surface area contributed by atoms with Gasteiger partial charge in [-0.15, -0.1) is 0 Å². The van der Waals surface area contributed by atoms with Crippen molar-refractivity contribution in [2.75, 3.05) is 26.3 Å². The quantitative estimate of drug-likeness (QED) is 0.942. The first-order chi connectivity index (χ1) is 10.1. The van der Waals surface area contributed by atoms with Crippen LogP contribution in [0.1, 0.15) is 30.0 Å². The van der Waals surface area contributed by atoms with Gasteiger partial charge < -0.3 is 9.72 Å². The van der Waals surface area contributed by atoms with Crippen LogP contribution in [0.15, 0.2) is 24.3 Å². The summed E-state index contributed by atoms with van der Waals surface area (Å²) < 4.78 is 5.42. The second kappa shape index (κ2) is 6.00. The summed E-state index contributed by atoms with van der Waals surface area (Å²) in [6.07, 6.45) is 0. The van der Waals surface area contributed by atoms with Gasteiger partial charge in [0.1, 0.15) is 5.82 Å². The van der Waals surface area contributed by atoms with Crippen LogP contribution >= 0.6 is 0 Å². The van der Waals surface area contributed by atoms with Crippen molar-refractivity contribution in [2.24, 2.45) is 0 Å². The van der Waals surface area contributed by atoms with Gasteiger partial charge in [0, 0.05) is 30.4 Å². The van der Waals surface area contributed by atoms with E-state index in [0.29, 0.717) is 6.04 Å². The van der Waals surface area contributed by atoms with Crippen molar-refractivity contribution in [3.8, 4) is 11.3 Å². The minimum Gasteiger partial charge on any atom is -0.379 e. The standard InChI is InChI=1S/C17H23N3O/c1-12-17(19-14(3)18-12)16-6-4-15(5-7-16)13(2)20-8-10-21-11-9-20/h4-7,13H,8-11H2,1-3H3,(H,18,19)/t13-/m1/s1. The number of hydrogen-bond acceptors (Lipinski definition) is 3. The molecule has 4 heteroatoms. The Bertz CT molecular complexity index is 597. The summed E-state index contributed by atoms with van der Waals surface area (Å²) in [6, 6.07) is 9.23. The number of H-pyrrole nitrogens is 1. The number of imidazole rings is 1. The van der Waals surface area contributed by atoms with Crippen LogP contribution < -0.4 is 0 Å². The first-order valence-corrected chi connectivity index (χ1v) is 7.60. The van der Waals surface area contributed by atoms with Crippen molar-refractivity contribution >= 4 is 0 Å². The fraction of sp³-hybridized carbons (Fsp3) is 0.471. The zero-order valence-corrected chi connectivity index (χ0v) is 13.0. The highest BCUT2D eigenvalue weighted by atomic mass is 16.5. The molecular formula is C17H23N3O. The average molecular weight is 285 g/mol. The van der Waals surface area contributed by atoms with Crippen LogP contribution in [0, 0.1) is 13.8 Å². The highest BCUT2D eigenvalue weighted by Crippen LogP contribution is 2.26. The number of hydrogen-bond donors (Lipinski definition) is 1. The fourth-order valence-electron chi connectivity index (χ4n) is 2.99. The van der Waals surface area contributed by atoms with Crippen molar-refractivity contribution in [1.82, 2.24) is 14.9 Å². The second-order valence-corrected chi connectivity index (χ2v) is 5.74. The number of nitrogens with one attached hydrogen (secondary N) is 1. The Kier molecular flexibility index (Phi) is 4.08. The smallest absolute Gasteiger partial charge is 0.103 e. The summed E-state index contributed by atoms with van der Waals surface area (Å²) in [4.78, 5) is 10.3. The van der Waals surface area contributed by atoms with E-state index in [2.05, 4.69) is 53.0 Å². The Morgan fingerprint density at radius 3 is 2.38 bits per heavy atom. The predicted octanol–water partition coefficient (Wildman–Crippen LogP) is 3.09. The van der Waals surface area contributed by atoms with Crippen LogP contribution in [0.4, 0.5) is 0 Å². The maximum absolute atomic E-state index is 5.42. The van der Waals surface area contributed by atoms with Gasteiger partial charge >= 0.3 is 0 Å². The van der Waals surface area contributed by atoms with E-state index >= 15 is 0 Å². The minimum absolute atomic E-state index is 0.435.